The Morgan fingerprint density at radius 3 is 2.37 bits per heavy atom. The minimum atomic E-state index is -0.668. The van der Waals surface area contributed by atoms with E-state index in [4.69, 9.17) is 0 Å². The van der Waals surface area contributed by atoms with Crippen molar-refractivity contribution in [2.75, 3.05) is 13.1 Å². The first-order valence-electron chi connectivity index (χ1n) is 6.85. The molecule has 3 nitrogen and oxygen atoms in total. The van der Waals surface area contributed by atoms with Crippen LogP contribution < -0.4 is 0 Å². The lowest BCUT2D eigenvalue weighted by molar-refractivity contribution is -0.134. The zero-order valence-electron chi connectivity index (χ0n) is 11.5. The standard InChI is InChI=1S/C16H20N2O/c1-12-8-13(2)11-18(10-12)16(19)15(9-17)14-6-4-3-5-7-14/h3-7,12-13,15H,8,10-11H2,1-2H3. The van der Waals surface area contributed by atoms with Crippen molar-refractivity contribution < 1.29 is 4.79 Å². The summed E-state index contributed by atoms with van der Waals surface area (Å²) in [4.78, 5) is 14.4. The molecule has 0 radical (unpaired) electrons. The second kappa shape index (κ2) is 5.88. The molecule has 100 valence electrons. The van der Waals surface area contributed by atoms with E-state index in [1.807, 2.05) is 35.2 Å². The van der Waals surface area contributed by atoms with Gasteiger partial charge in [-0.3, -0.25) is 4.79 Å². The molecular weight excluding hydrogens is 236 g/mol. The van der Waals surface area contributed by atoms with Crippen LogP contribution in [-0.2, 0) is 4.79 Å². The highest BCUT2D eigenvalue weighted by molar-refractivity contribution is 5.86. The second-order valence-corrected chi connectivity index (χ2v) is 5.66. The Labute approximate surface area is 114 Å². The Morgan fingerprint density at radius 2 is 1.84 bits per heavy atom. The van der Waals surface area contributed by atoms with Crippen LogP contribution in [0.5, 0.6) is 0 Å². The van der Waals surface area contributed by atoms with Crippen molar-refractivity contribution >= 4 is 5.91 Å². The highest BCUT2D eigenvalue weighted by atomic mass is 16.2. The summed E-state index contributed by atoms with van der Waals surface area (Å²) in [6.07, 6.45) is 1.16. The van der Waals surface area contributed by atoms with Crippen LogP contribution in [-0.4, -0.2) is 23.9 Å². The third kappa shape index (κ3) is 3.14. The van der Waals surface area contributed by atoms with E-state index in [-0.39, 0.29) is 5.91 Å². The van der Waals surface area contributed by atoms with Gasteiger partial charge in [0.1, 0.15) is 5.92 Å². The van der Waals surface area contributed by atoms with Crippen molar-refractivity contribution in [2.45, 2.75) is 26.2 Å². The predicted octanol–water partition coefficient (Wildman–Crippen LogP) is 2.80. The molecule has 1 heterocycles. The maximum absolute atomic E-state index is 12.5. The quantitative estimate of drug-likeness (QED) is 0.816. The third-order valence-electron chi connectivity index (χ3n) is 3.69. The summed E-state index contributed by atoms with van der Waals surface area (Å²) in [6.45, 7) is 5.88. The van der Waals surface area contributed by atoms with Gasteiger partial charge in [0, 0.05) is 13.1 Å². The van der Waals surface area contributed by atoms with E-state index in [1.165, 1.54) is 0 Å². The molecule has 1 aromatic carbocycles. The molecule has 1 aliphatic rings. The first kappa shape index (κ1) is 13.6. The number of carbonyl (C=O) groups excluding carboxylic acids is 1. The van der Waals surface area contributed by atoms with Gasteiger partial charge < -0.3 is 4.90 Å². The van der Waals surface area contributed by atoms with E-state index < -0.39 is 5.92 Å². The summed E-state index contributed by atoms with van der Waals surface area (Å²) in [5.41, 5.74) is 0.792. The number of hydrogen-bond donors (Lipinski definition) is 0. The molecule has 0 spiro atoms. The van der Waals surface area contributed by atoms with Gasteiger partial charge in [-0.05, 0) is 23.8 Å². The summed E-state index contributed by atoms with van der Waals surface area (Å²) in [5, 5.41) is 9.31. The van der Waals surface area contributed by atoms with E-state index >= 15 is 0 Å². The summed E-state index contributed by atoms with van der Waals surface area (Å²) in [5.74, 6) is 0.316. The fourth-order valence-electron chi connectivity index (χ4n) is 2.94. The van der Waals surface area contributed by atoms with Crippen LogP contribution >= 0.6 is 0 Å². The highest BCUT2D eigenvalue weighted by Gasteiger charge is 2.30. The SMILES string of the molecule is CC1CC(C)CN(C(=O)C(C#N)c2ccccc2)C1. The van der Waals surface area contributed by atoms with Gasteiger partial charge in [-0.15, -0.1) is 0 Å². The van der Waals surface area contributed by atoms with Crippen molar-refractivity contribution in [1.82, 2.24) is 4.90 Å². The molecule has 0 saturated carbocycles. The van der Waals surface area contributed by atoms with E-state index in [0.29, 0.717) is 11.8 Å². The number of hydrogen-bond acceptors (Lipinski definition) is 2. The van der Waals surface area contributed by atoms with Gasteiger partial charge in [0.05, 0.1) is 6.07 Å². The van der Waals surface area contributed by atoms with Crippen molar-refractivity contribution in [3.05, 3.63) is 35.9 Å². The van der Waals surface area contributed by atoms with Gasteiger partial charge in [0.2, 0.25) is 5.91 Å². The Kier molecular flexibility index (Phi) is 4.21. The molecule has 0 N–H and O–H groups in total. The van der Waals surface area contributed by atoms with Gasteiger partial charge >= 0.3 is 0 Å². The summed E-state index contributed by atoms with van der Waals surface area (Å²) in [7, 11) is 0. The third-order valence-corrected chi connectivity index (χ3v) is 3.69. The lowest BCUT2D eigenvalue weighted by Gasteiger charge is -2.36. The van der Waals surface area contributed by atoms with Gasteiger partial charge in [-0.2, -0.15) is 5.26 Å². The molecule has 1 amide bonds. The molecular formula is C16H20N2O. The Hall–Kier alpha value is -1.82. The fraction of sp³-hybridized carbons (Fsp3) is 0.500. The normalized spacial score (nSPS) is 24.6. The van der Waals surface area contributed by atoms with Crippen LogP contribution in [0.3, 0.4) is 0 Å². The topological polar surface area (TPSA) is 44.1 Å². The minimum absolute atomic E-state index is 0.0490. The summed E-state index contributed by atoms with van der Waals surface area (Å²) in [6, 6.07) is 11.5. The lowest BCUT2D eigenvalue weighted by atomic mass is 9.90. The van der Waals surface area contributed by atoms with E-state index in [2.05, 4.69) is 19.9 Å². The molecule has 1 aliphatic heterocycles. The molecule has 0 aliphatic carbocycles. The molecule has 1 fully saturated rings. The number of rotatable bonds is 2. The van der Waals surface area contributed by atoms with E-state index in [1.54, 1.807) is 0 Å². The second-order valence-electron chi connectivity index (χ2n) is 5.66. The highest BCUT2D eigenvalue weighted by Crippen LogP contribution is 2.25. The molecule has 3 heteroatoms. The zero-order chi connectivity index (χ0) is 13.8. The average molecular weight is 256 g/mol. The average Bonchev–Trinajstić information content (AvgIpc) is 2.39. The zero-order valence-corrected chi connectivity index (χ0v) is 11.5. The summed E-state index contributed by atoms with van der Waals surface area (Å²) >= 11 is 0. The molecule has 3 atom stereocenters. The van der Waals surface area contributed by atoms with Crippen molar-refractivity contribution in [1.29, 1.82) is 5.26 Å². The Balaban J connectivity index is 2.16. The number of nitriles is 1. The molecule has 3 unspecified atom stereocenters. The van der Waals surface area contributed by atoms with Gasteiger partial charge in [-0.25, -0.2) is 0 Å². The monoisotopic (exact) mass is 256 g/mol. The van der Waals surface area contributed by atoms with E-state index in [9.17, 15) is 10.1 Å². The van der Waals surface area contributed by atoms with Gasteiger partial charge in [-0.1, -0.05) is 44.2 Å². The van der Waals surface area contributed by atoms with Crippen LogP contribution in [0, 0.1) is 23.2 Å². The number of likely N-dealkylation sites (tertiary alicyclic amines) is 1. The molecule has 1 aromatic rings. The van der Waals surface area contributed by atoms with Crippen LogP contribution in [0.2, 0.25) is 0 Å². The van der Waals surface area contributed by atoms with Crippen molar-refractivity contribution in [3.63, 3.8) is 0 Å². The number of carbonyl (C=O) groups is 1. The summed E-state index contributed by atoms with van der Waals surface area (Å²) < 4.78 is 0. The van der Waals surface area contributed by atoms with Crippen molar-refractivity contribution in [3.8, 4) is 6.07 Å². The van der Waals surface area contributed by atoms with Crippen LogP contribution in [0.1, 0.15) is 31.7 Å². The first-order chi connectivity index (χ1) is 9.11. The fourth-order valence-corrected chi connectivity index (χ4v) is 2.94. The molecule has 1 saturated heterocycles. The van der Waals surface area contributed by atoms with Crippen LogP contribution in [0.15, 0.2) is 30.3 Å². The smallest absolute Gasteiger partial charge is 0.244 e. The molecule has 0 bridgehead atoms. The Morgan fingerprint density at radius 1 is 1.26 bits per heavy atom. The van der Waals surface area contributed by atoms with Crippen molar-refractivity contribution in [2.24, 2.45) is 11.8 Å². The number of amides is 1. The van der Waals surface area contributed by atoms with Crippen LogP contribution in [0.25, 0.3) is 0 Å². The van der Waals surface area contributed by atoms with Gasteiger partial charge in [0.15, 0.2) is 0 Å². The number of nitrogens with zero attached hydrogens (tertiary/aromatic N) is 2. The maximum atomic E-state index is 12.5. The van der Waals surface area contributed by atoms with Gasteiger partial charge in [0.25, 0.3) is 0 Å². The lowest BCUT2D eigenvalue weighted by Crippen LogP contribution is -2.44. The van der Waals surface area contributed by atoms with E-state index in [0.717, 1.165) is 25.1 Å². The van der Waals surface area contributed by atoms with Crippen LogP contribution in [0.4, 0.5) is 0 Å². The first-order valence-corrected chi connectivity index (χ1v) is 6.85. The molecule has 0 aromatic heterocycles. The Bertz CT molecular complexity index is 467. The molecule has 2 rings (SSSR count). The maximum Gasteiger partial charge on any atom is 0.244 e. The molecule has 19 heavy (non-hydrogen) atoms. The number of piperidine rings is 1. The minimum Gasteiger partial charge on any atom is -0.341 e. The number of benzene rings is 1. The largest absolute Gasteiger partial charge is 0.341 e. The predicted molar refractivity (Wildman–Crippen MR) is 74.3 cm³/mol.